The Morgan fingerprint density at radius 2 is 1.87 bits per heavy atom. The van der Waals surface area contributed by atoms with Crippen molar-refractivity contribution < 1.29 is 19.0 Å². The smallest absolute Gasteiger partial charge is 0.166 e. The second kappa shape index (κ2) is 8.50. The molecular formula is C18H22FNO3. The molecule has 0 heterocycles. The summed E-state index contributed by atoms with van der Waals surface area (Å²) < 4.78 is 24.9. The van der Waals surface area contributed by atoms with Crippen LogP contribution in [0.4, 0.5) is 4.39 Å². The van der Waals surface area contributed by atoms with Crippen molar-refractivity contribution in [3.8, 4) is 11.5 Å². The van der Waals surface area contributed by atoms with Crippen molar-refractivity contribution in [2.45, 2.75) is 26.2 Å². The molecule has 0 aliphatic rings. The molecule has 2 aromatic rings. The summed E-state index contributed by atoms with van der Waals surface area (Å²) >= 11 is 0. The third-order valence-electron chi connectivity index (χ3n) is 3.37. The molecule has 0 radical (unpaired) electrons. The predicted molar refractivity (Wildman–Crippen MR) is 87.1 cm³/mol. The molecule has 0 saturated heterocycles. The van der Waals surface area contributed by atoms with E-state index in [1.54, 1.807) is 38.3 Å². The average Bonchev–Trinajstić information content (AvgIpc) is 2.54. The highest BCUT2D eigenvalue weighted by Crippen LogP contribution is 2.32. The van der Waals surface area contributed by atoms with Gasteiger partial charge in [0.05, 0.1) is 13.2 Å². The summed E-state index contributed by atoms with van der Waals surface area (Å²) in [4.78, 5) is 0. The molecule has 0 aliphatic carbocycles. The summed E-state index contributed by atoms with van der Waals surface area (Å²) in [6.45, 7) is 2.84. The molecule has 0 bridgehead atoms. The van der Waals surface area contributed by atoms with Crippen LogP contribution >= 0.6 is 0 Å². The Balaban J connectivity index is 2.13. The third kappa shape index (κ3) is 4.94. The second-order valence-electron chi connectivity index (χ2n) is 5.31. The minimum Gasteiger partial charge on any atom is -0.493 e. The first-order valence-corrected chi connectivity index (χ1v) is 7.52. The Labute approximate surface area is 135 Å². The monoisotopic (exact) mass is 319 g/mol. The standard InChI is InChI=1S/C18H22FNO3/c1-13(21)10-20-11-14-7-5-9-17(22-2)18(14)23-12-15-6-3-4-8-16(15)19/h3-9,13,20-21H,10-12H2,1-2H3/t13-/m0/s1. The Kier molecular flexibility index (Phi) is 6.38. The molecule has 0 spiro atoms. The van der Waals surface area contributed by atoms with Gasteiger partial charge >= 0.3 is 0 Å². The number of aliphatic hydroxyl groups excluding tert-OH is 1. The van der Waals surface area contributed by atoms with E-state index < -0.39 is 6.10 Å². The minimum atomic E-state index is -0.427. The van der Waals surface area contributed by atoms with Gasteiger partial charge in [0.1, 0.15) is 12.4 Å². The van der Waals surface area contributed by atoms with E-state index in [1.165, 1.54) is 6.07 Å². The van der Waals surface area contributed by atoms with E-state index in [2.05, 4.69) is 5.32 Å². The van der Waals surface area contributed by atoms with Crippen LogP contribution in [0.1, 0.15) is 18.1 Å². The molecule has 4 nitrogen and oxygen atoms in total. The van der Waals surface area contributed by atoms with Crippen LogP contribution in [0.25, 0.3) is 0 Å². The summed E-state index contributed by atoms with van der Waals surface area (Å²) in [5, 5.41) is 12.5. The largest absolute Gasteiger partial charge is 0.493 e. The maximum atomic E-state index is 13.7. The molecule has 0 fully saturated rings. The van der Waals surface area contributed by atoms with Crippen molar-refractivity contribution in [2.24, 2.45) is 0 Å². The maximum absolute atomic E-state index is 13.7. The van der Waals surface area contributed by atoms with Gasteiger partial charge in [0.2, 0.25) is 0 Å². The fourth-order valence-electron chi connectivity index (χ4n) is 2.21. The van der Waals surface area contributed by atoms with Crippen LogP contribution in [0.5, 0.6) is 11.5 Å². The van der Waals surface area contributed by atoms with E-state index in [0.29, 0.717) is 30.2 Å². The molecule has 23 heavy (non-hydrogen) atoms. The van der Waals surface area contributed by atoms with E-state index in [4.69, 9.17) is 9.47 Å². The number of benzene rings is 2. The minimum absolute atomic E-state index is 0.121. The maximum Gasteiger partial charge on any atom is 0.166 e. The van der Waals surface area contributed by atoms with E-state index in [1.807, 2.05) is 12.1 Å². The third-order valence-corrected chi connectivity index (χ3v) is 3.37. The number of nitrogens with one attached hydrogen (secondary N) is 1. The molecule has 0 aromatic heterocycles. The van der Waals surface area contributed by atoms with Crippen LogP contribution in [0.3, 0.4) is 0 Å². The highest BCUT2D eigenvalue weighted by atomic mass is 19.1. The second-order valence-corrected chi connectivity index (χ2v) is 5.31. The lowest BCUT2D eigenvalue weighted by molar-refractivity contribution is 0.190. The van der Waals surface area contributed by atoms with E-state index in [-0.39, 0.29) is 12.4 Å². The molecule has 1 atom stereocenters. The summed E-state index contributed by atoms with van der Waals surface area (Å²) in [7, 11) is 1.57. The Hall–Kier alpha value is -2.11. The normalized spacial score (nSPS) is 12.0. The zero-order valence-corrected chi connectivity index (χ0v) is 13.4. The molecule has 5 heteroatoms. The summed E-state index contributed by atoms with van der Waals surface area (Å²) in [6, 6.07) is 12.1. The first-order chi connectivity index (χ1) is 11.1. The molecule has 2 rings (SSSR count). The average molecular weight is 319 g/mol. The molecule has 0 unspecified atom stereocenters. The summed E-state index contributed by atoms with van der Waals surface area (Å²) in [6.07, 6.45) is -0.427. The fourth-order valence-corrected chi connectivity index (χ4v) is 2.21. The summed E-state index contributed by atoms with van der Waals surface area (Å²) in [5.74, 6) is 0.880. The van der Waals surface area contributed by atoms with Gasteiger partial charge in [-0.15, -0.1) is 0 Å². The fraction of sp³-hybridized carbons (Fsp3) is 0.333. The van der Waals surface area contributed by atoms with Gasteiger partial charge in [-0.1, -0.05) is 30.3 Å². The zero-order chi connectivity index (χ0) is 16.7. The topological polar surface area (TPSA) is 50.7 Å². The Morgan fingerprint density at radius 1 is 1.13 bits per heavy atom. The number of aliphatic hydroxyl groups is 1. The van der Waals surface area contributed by atoms with Crippen LogP contribution in [0.15, 0.2) is 42.5 Å². The van der Waals surface area contributed by atoms with Gasteiger partial charge in [-0.05, 0) is 19.1 Å². The highest BCUT2D eigenvalue weighted by molar-refractivity contribution is 5.46. The van der Waals surface area contributed by atoms with Crippen molar-refractivity contribution in [1.29, 1.82) is 0 Å². The van der Waals surface area contributed by atoms with Gasteiger partial charge in [-0.2, -0.15) is 0 Å². The number of ether oxygens (including phenoxy) is 2. The first-order valence-electron chi connectivity index (χ1n) is 7.52. The predicted octanol–water partition coefficient (Wildman–Crippen LogP) is 2.88. The number of para-hydroxylation sites is 1. The van der Waals surface area contributed by atoms with Gasteiger partial charge in [-0.25, -0.2) is 4.39 Å². The molecule has 0 saturated carbocycles. The SMILES string of the molecule is COc1cccc(CNC[C@H](C)O)c1OCc1ccccc1F. The highest BCUT2D eigenvalue weighted by Gasteiger charge is 2.12. The van der Waals surface area contributed by atoms with Crippen molar-refractivity contribution in [3.63, 3.8) is 0 Å². The lowest BCUT2D eigenvalue weighted by atomic mass is 10.1. The van der Waals surface area contributed by atoms with Crippen molar-refractivity contribution in [2.75, 3.05) is 13.7 Å². The van der Waals surface area contributed by atoms with E-state index in [9.17, 15) is 9.50 Å². The van der Waals surface area contributed by atoms with Gasteiger partial charge in [0.25, 0.3) is 0 Å². The van der Waals surface area contributed by atoms with E-state index >= 15 is 0 Å². The Bertz CT molecular complexity index is 631. The van der Waals surface area contributed by atoms with Crippen LogP contribution in [0.2, 0.25) is 0 Å². The van der Waals surface area contributed by atoms with Crippen LogP contribution in [-0.4, -0.2) is 24.9 Å². The number of halogens is 1. The van der Waals surface area contributed by atoms with Crippen molar-refractivity contribution in [3.05, 3.63) is 59.4 Å². The first kappa shape index (κ1) is 17.2. The van der Waals surface area contributed by atoms with Crippen LogP contribution in [0, 0.1) is 5.82 Å². The van der Waals surface area contributed by atoms with Crippen molar-refractivity contribution >= 4 is 0 Å². The molecule has 2 N–H and O–H groups in total. The quantitative estimate of drug-likeness (QED) is 0.785. The number of hydrogen-bond donors (Lipinski definition) is 2. The number of methoxy groups -OCH3 is 1. The molecule has 0 amide bonds. The number of rotatable bonds is 8. The molecular weight excluding hydrogens is 297 g/mol. The van der Waals surface area contributed by atoms with Gasteiger partial charge in [0.15, 0.2) is 11.5 Å². The van der Waals surface area contributed by atoms with Gasteiger partial charge in [-0.3, -0.25) is 0 Å². The molecule has 2 aromatic carbocycles. The lowest BCUT2D eigenvalue weighted by Gasteiger charge is -2.16. The van der Waals surface area contributed by atoms with Crippen molar-refractivity contribution in [1.82, 2.24) is 5.32 Å². The van der Waals surface area contributed by atoms with E-state index in [0.717, 1.165) is 5.56 Å². The molecule has 124 valence electrons. The number of hydrogen-bond acceptors (Lipinski definition) is 4. The Morgan fingerprint density at radius 3 is 2.57 bits per heavy atom. The lowest BCUT2D eigenvalue weighted by Crippen LogP contribution is -2.24. The van der Waals surface area contributed by atoms with Gasteiger partial charge < -0.3 is 19.9 Å². The van der Waals surface area contributed by atoms with Crippen LogP contribution in [-0.2, 0) is 13.2 Å². The van der Waals surface area contributed by atoms with Gasteiger partial charge in [0, 0.05) is 24.2 Å². The zero-order valence-electron chi connectivity index (χ0n) is 13.4. The van der Waals surface area contributed by atoms with Crippen LogP contribution < -0.4 is 14.8 Å². The molecule has 0 aliphatic heterocycles. The summed E-state index contributed by atoms with van der Waals surface area (Å²) in [5.41, 5.74) is 1.38.